The highest BCUT2D eigenvalue weighted by Crippen LogP contribution is 2.26. The minimum atomic E-state index is 0.274. The van der Waals surface area contributed by atoms with Crippen molar-refractivity contribution in [2.45, 2.75) is 26.3 Å². The lowest BCUT2D eigenvalue weighted by atomic mass is 10.1. The molecule has 0 aliphatic heterocycles. The lowest BCUT2D eigenvalue weighted by molar-refractivity contribution is 0.263. The van der Waals surface area contributed by atoms with Gasteiger partial charge in [0.1, 0.15) is 5.69 Å². The Morgan fingerprint density at radius 1 is 1.35 bits per heavy atom. The van der Waals surface area contributed by atoms with Gasteiger partial charge >= 0.3 is 0 Å². The Kier molecular flexibility index (Phi) is 4.00. The molecule has 0 bridgehead atoms. The first kappa shape index (κ1) is 15.4. The molecule has 0 amide bonds. The summed E-state index contributed by atoms with van der Waals surface area (Å²) in [6.07, 6.45) is 2.93. The van der Waals surface area contributed by atoms with Gasteiger partial charge in [-0.3, -0.25) is 10.00 Å². The third-order valence-electron chi connectivity index (χ3n) is 4.29. The van der Waals surface area contributed by atoms with Gasteiger partial charge in [0, 0.05) is 17.5 Å². The molecule has 0 aliphatic rings. The van der Waals surface area contributed by atoms with Crippen LogP contribution >= 0.6 is 0 Å². The Hall–Kier alpha value is -2.47. The third kappa shape index (κ3) is 2.66. The second kappa shape index (κ2) is 5.96. The van der Waals surface area contributed by atoms with E-state index in [-0.39, 0.29) is 6.04 Å². The molecule has 3 aromatic rings. The fourth-order valence-corrected chi connectivity index (χ4v) is 2.77. The van der Waals surface area contributed by atoms with Crippen LogP contribution in [0.2, 0.25) is 0 Å². The lowest BCUT2D eigenvalue weighted by Crippen LogP contribution is -2.23. The van der Waals surface area contributed by atoms with Crippen molar-refractivity contribution in [3.8, 4) is 11.5 Å². The Balaban J connectivity index is 2.10. The van der Waals surface area contributed by atoms with Crippen molar-refractivity contribution >= 4 is 24.3 Å². The van der Waals surface area contributed by atoms with Crippen LogP contribution < -0.4 is 10.6 Å². The number of aromatic amines is 2. The maximum Gasteiger partial charge on any atom is 0.178 e. The van der Waals surface area contributed by atoms with Crippen molar-refractivity contribution in [1.82, 2.24) is 30.0 Å². The molecule has 0 saturated heterocycles. The Morgan fingerprint density at radius 2 is 2.13 bits per heavy atom. The molecule has 0 spiro atoms. The highest BCUT2D eigenvalue weighted by atomic mass is 15.1. The summed E-state index contributed by atoms with van der Waals surface area (Å²) in [4.78, 5) is 14.6. The fourth-order valence-electron chi connectivity index (χ4n) is 2.77. The molecule has 3 aromatic heterocycles. The summed E-state index contributed by atoms with van der Waals surface area (Å²) in [5.41, 5.74) is 3.52. The Morgan fingerprint density at radius 3 is 2.78 bits per heavy atom. The average molecular weight is 310 g/mol. The van der Waals surface area contributed by atoms with Gasteiger partial charge in [-0.1, -0.05) is 20.1 Å². The molecule has 2 N–H and O–H groups in total. The molecule has 23 heavy (non-hydrogen) atoms. The molecule has 3 rings (SSSR count). The van der Waals surface area contributed by atoms with E-state index in [1.165, 1.54) is 5.56 Å². The number of nitrogens with zero attached hydrogens (tertiary/aromatic N) is 4. The number of hydrogen-bond acceptors (Lipinski definition) is 4. The SMILES string of the molecule is C=c1[nH]nc(-c2nc3nccc(C(C)N(C)CCC)c3[nH]2)c1=C. The molecule has 120 valence electrons. The van der Waals surface area contributed by atoms with Crippen molar-refractivity contribution in [2.24, 2.45) is 0 Å². The van der Waals surface area contributed by atoms with E-state index in [4.69, 9.17) is 0 Å². The van der Waals surface area contributed by atoms with E-state index >= 15 is 0 Å². The average Bonchev–Trinajstić information content (AvgIpc) is 3.10. The molecule has 6 heteroatoms. The molecule has 6 nitrogen and oxygen atoms in total. The van der Waals surface area contributed by atoms with Crippen molar-refractivity contribution < 1.29 is 0 Å². The number of fused-ring (bicyclic) bond motifs is 1. The molecule has 1 unspecified atom stereocenters. The van der Waals surface area contributed by atoms with Gasteiger partial charge in [0.05, 0.1) is 10.9 Å². The van der Waals surface area contributed by atoms with Gasteiger partial charge in [0.15, 0.2) is 11.5 Å². The molecule has 0 saturated carbocycles. The minimum Gasteiger partial charge on any atom is -0.335 e. The van der Waals surface area contributed by atoms with E-state index in [0.29, 0.717) is 22.5 Å². The summed E-state index contributed by atoms with van der Waals surface area (Å²) < 4.78 is 0. The van der Waals surface area contributed by atoms with E-state index in [1.54, 1.807) is 6.20 Å². The van der Waals surface area contributed by atoms with Gasteiger partial charge in [-0.15, -0.1) is 0 Å². The number of aromatic nitrogens is 5. The molecule has 0 aliphatic carbocycles. The van der Waals surface area contributed by atoms with Crippen LogP contribution in [0.4, 0.5) is 0 Å². The van der Waals surface area contributed by atoms with Gasteiger partial charge in [0.2, 0.25) is 0 Å². The van der Waals surface area contributed by atoms with Crippen molar-refractivity contribution in [2.75, 3.05) is 13.6 Å². The number of pyridine rings is 1. The number of H-pyrrole nitrogens is 2. The zero-order chi connectivity index (χ0) is 16.6. The molecule has 0 fully saturated rings. The van der Waals surface area contributed by atoms with Gasteiger partial charge < -0.3 is 4.98 Å². The molecule has 0 aromatic carbocycles. The predicted molar refractivity (Wildman–Crippen MR) is 93.1 cm³/mol. The quantitative estimate of drug-likeness (QED) is 0.750. The lowest BCUT2D eigenvalue weighted by Gasteiger charge is -2.24. The maximum absolute atomic E-state index is 4.57. The van der Waals surface area contributed by atoms with Gasteiger partial charge in [-0.25, -0.2) is 9.97 Å². The first-order valence-corrected chi connectivity index (χ1v) is 7.80. The number of hydrogen-bond donors (Lipinski definition) is 2. The summed E-state index contributed by atoms with van der Waals surface area (Å²) in [6, 6.07) is 2.32. The minimum absolute atomic E-state index is 0.274. The van der Waals surface area contributed by atoms with Crippen molar-refractivity contribution in [1.29, 1.82) is 0 Å². The van der Waals surface area contributed by atoms with Crippen LogP contribution in [-0.2, 0) is 0 Å². The summed E-state index contributed by atoms with van der Waals surface area (Å²) in [5, 5.41) is 8.53. The van der Waals surface area contributed by atoms with Crippen LogP contribution in [0.3, 0.4) is 0 Å². The standard InChI is InChI=1S/C17H22N6/c1-6-9-23(5)12(4)13-7-8-18-16-15(13)19-17(20-16)14-10(2)11(3)21-22-14/h7-8,12,21H,2-3,6,9H2,1,4-5H3,(H,18,19,20). The van der Waals surface area contributed by atoms with E-state index in [0.717, 1.165) is 23.7 Å². The number of nitrogens with one attached hydrogen (secondary N) is 2. The molecular formula is C17H22N6. The highest BCUT2D eigenvalue weighted by molar-refractivity contribution is 5.78. The zero-order valence-corrected chi connectivity index (χ0v) is 13.8. The van der Waals surface area contributed by atoms with Crippen LogP contribution in [0.1, 0.15) is 31.9 Å². The smallest absolute Gasteiger partial charge is 0.178 e. The highest BCUT2D eigenvalue weighted by Gasteiger charge is 2.18. The second-order valence-electron chi connectivity index (χ2n) is 5.87. The maximum atomic E-state index is 4.57. The normalized spacial score (nSPS) is 13.0. The van der Waals surface area contributed by atoms with Crippen molar-refractivity contribution in [3.63, 3.8) is 0 Å². The van der Waals surface area contributed by atoms with Crippen molar-refractivity contribution in [3.05, 3.63) is 28.4 Å². The fraction of sp³-hybridized carbons (Fsp3) is 0.353. The Bertz CT molecular complexity index is 922. The van der Waals surface area contributed by atoms with Crippen LogP contribution in [-0.4, -0.2) is 43.6 Å². The largest absolute Gasteiger partial charge is 0.335 e. The van der Waals surface area contributed by atoms with Crippen LogP contribution in [0.5, 0.6) is 0 Å². The van der Waals surface area contributed by atoms with E-state index in [2.05, 4.69) is 64.1 Å². The molecule has 1 atom stereocenters. The Labute approximate surface area is 135 Å². The van der Waals surface area contributed by atoms with E-state index in [1.807, 2.05) is 6.07 Å². The first-order chi connectivity index (χ1) is 11.0. The first-order valence-electron chi connectivity index (χ1n) is 7.80. The number of rotatable bonds is 5. The van der Waals surface area contributed by atoms with Crippen LogP contribution in [0.15, 0.2) is 12.3 Å². The molecular weight excluding hydrogens is 288 g/mol. The van der Waals surface area contributed by atoms with Gasteiger partial charge in [-0.2, -0.15) is 5.10 Å². The van der Waals surface area contributed by atoms with Gasteiger partial charge in [-0.05, 0) is 38.6 Å². The molecule has 3 heterocycles. The van der Waals surface area contributed by atoms with Crippen LogP contribution in [0.25, 0.3) is 35.8 Å². The number of imidazole rings is 1. The summed E-state index contributed by atoms with van der Waals surface area (Å²) in [7, 11) is 2.13. The zero-order valence-electron chi connectivity index (χ0n) is 13.8. The summed E-state index contributed by atoms with van der Waals surface area (Å²) >= 11 is 0. The topological polar surface area (TPSA) is 73.5 Å². The summed E-state index contributed by atoms with van der Waals surface area (Å²) in [6.45, 7) is 13.3. The van der Waals surface area contributed by atoms with E-state index in [9.17, 15) is 0 Å². The summed E-state index contributed by atoms with van der Waals surface area (Å²) in [5.74, 6) is 0.668. The monoisotopic (exact) mass is 310 g/mol. The second-order valence-corrected chi connectivity index (χ2v) is 5.87. The third-order valence-corrected chi connectivity index (χ3v) is 4.29. The van der Waals surface area contributed by atoms with Gasteiger partial charge in [0.25, 0.3) is 0 Å². The predicted octanol–water partition coefficient (Wildman–Crippen LogP) is 1.57. The van der Waals surface area contributed by atoms with Crippen LogP contribution in [0, 0.1) is 0 Å². The molecule has 0 radical (unpaired) electrons. The van der Waals surface area contributed by atoms with E-state index < -0.39 is 0 Å².